The van der Waals surface area contributed by atoms with Crippen LogP contribution in [0.25, 0.3) is 0 Å². The molecule has 2 saturated heterocycles. The Hall–Kier alpha value is -1.53. The number of aliphatic hydroxyl groups excluding tert-OH is 1. The molecule has 2 aliphatic rings. The summed E-state index contributed by atoms with van der Waals surface area (Å²) in [5.41, 5.74) is 0.107. The number of amides is 1. The number of likely N-dealkylation sites (tertiary alicyclic amines) is 1. The van der Waals surface area contributed by atoms with Gasteiger partial charge in [0, 0.05) is 18.7 Å². The maximum Gasteiger partial charge on any atom is 0.252 e. The molecular formula is C16H19F2NO3. The standard InChI is InChI=1S/C16H19F2NO3/c1-9-4-5-22-15(9)16(21)19-8-11(20)7-14(19)12-6-10(17)2-3-13(12)18/h2-3,6,9,11,14-15,20H,4-5,7-8H2,1H3. The van der Waals surface area contributed by atoms with Crippen LogP contribution < -0.4 is 0 Å². The Morgan fingerprint density at radius 2 is 2.18 bits per heavy atom. The van der Waals surface area contributed by atoms with E-state index >= 15 is 0 Å². The first-order valence-electron chi connectivity index (χ1n) is 7.52. The topological polar surface area (TPSA) is 49.8 Å². The van der Waals surface area contributed by atoms with Crippen molar-refractivity contribution in [1.29, 1.82) is 0 Å². The molecular weight excluding hydrogens is 292 g/mol. The van der Waals surface area contributed by atoms with E-state index < -0.39 is 29.9 Å². The lowest BCUT2D eigenvalue weighted by molar-refractivity contribution is -0.143. The second kappa shape index (κ2) is 5.93. The second-order valence-electron chi connectivity index (χ2n) is 6.12. The van der Waals surface area contributed by atoms with E-state index in [1.54, 1.807) is 0 Å². The van der Waals surface area contributed by atoms with Gasteiger partial charge < -0.3 is 14.7 Å². The van der Waals surface area contributed by atoms with Gasteiger partial charge >= 0.3 is 0 Å². The van der Waals surface area contributed by atoms with E-state index in [2.05, 4.69) is 0 Å². The molecule has 2 aliphatic heterocycles. The van der Waals surface area contributed by atoms with E-state index in [-0.39, 0.29) is 30.4 Å². The van der Waals surface area contributed by atoms with Crippen molar-refractivity contribution in [2.75, 3.05) is 13.2 Å². The van der Waals surface area contributed by atoms with E-state index in [0.29, 0.717) is 6.61 Å². The van der Waals surface area contributed by atoms with E-state index in [0.717, 1.165) is 24.6 Å². The van der Waals surface area contributed by atoms with Gasteiger partial charge in [0.25, 0.3) is 5.91 Å². The van der Waals surface area contributed by atoms with Crippen LogP contribution in [0, 0.1) is 17.6 Å². The highest BCUT2D eigenvalue weighted by Crippen LogP contribution is 2.36. The van der Waals surface area contributed by atoms with Crippen molar-refractivity contribution in [1.82, 2.24) is 4.90 Å². The van der Waals surface area contributed by atoms with Crippen LogP contribution in [-0.4, -0.2) is 41.3 Å². The third-order valence-corrected chi connectivity index (χ3v) is 4.51. The molecule has 4 unspecified atom stereocenters. The van der Waals surface area contributed by atoms with Gasteiger partial charge in [0.1, 0.15) is 17.7 Å². The van der Waals surface area contributed by atoms with Gasteiger partial charge in [-0.1, -0.05) is 6.92 Å². The van der Waals surface area contributed by atoms with Gasteiger partial charge in [-0.15, -0.1) is 0 Å². The van der Waals surface area contributed by atoms with Crippen LogP contribution in [0.3, 0.4) is 0 Å². The number of nitrogens with zero attached hydrogens (tertiary/aromatic N) is 1. The molecule has 3 rings (SSSR count). The predicted octanol–water partition coefficient (Wildman–Crippen LogP) is 2.02. The summed E-state index contributed by atoms with van der Waals surface area (Å²) >= 11 is 0. The smallest absolute Gasteiger partial charge is 0.252 e. The van der Waals surface area contributed by atoms with Crippen LogP contribution in [0.2, 0.25) is 0 Å². The van der Waals surface area contributed by atoms with Gasteiger partial charge in [-0.3, -0.25) is 4.79 Å². The zero-order valence-corrected chi connectivity index (χ0v) is 12.3. The lowest BCUT2D eigenvalue weighted by atomic mass is 10.00. The maximum absolute atomic E-state index is 14.0. The number of β-amino-alcohol motifs (C(OH)–C–C–N with tert-alkyl or cyclic N) is 1. The molecule has 4 atom stereocenters. The largest absolute Gasteiger partial charge is 0.391 e. The van der Waals surface area contributed by atoms with Gasteiger partial charge in [-0.05, 0) is 37.0 Å². The molecule has 1 N–H and O–H groups in total. The zero-order chi connectivity index (χ0) is 15.9. The molecule has 1 amide bonds. The minimum absolute atomic E-state index is 0.0863. The van der Waals surface area contributed by atoms with Crippen LogP contribution in [0.5, 0.6) is 0 Å². The van der Waals surface area contributed by atoms with Crippen LogP contribution in [0.15, 0.2) is 18.2 Å². The summed E-state index contributed by atoms with van der Waals surface area (Å²) in [4.78, 5) is 14.1. The zero-order valence-electron chi connectivity index (χ0n) is 12.3. The Bertz CT molecular complexity index is 581. The molecule has 2 heterocycles. The van der Waals surface area contributed by atoms with E-state index in [9.17, 15) is 18.7 Å². The first-order chi connectivity index (χ1) is 10.5. The van der Waals surface area contributed by atoms with Crippen molar-refractivity contribution in [3.8, 4) is 0 Å². The molecule has 0 spiro atoms. The second-order valence-corrected chi connectivity index (χ2v) is 6.12. The third kappa shape index (κ3) is 2.73. The minimum atomic E-state index is -0.742. The number of halogens is 2. The third-order valence-electron chi connectivity index (χ3n) is 4.51. The summed E-state index contributed by atoms with van der Waals surface area (Å²) in [6, 6.07) is 2.53. The molecule has 0 bridgehead atoms. The Labute approximate surface area is 127 Å². The summed E-state index contributed by atoms with van der Waals surface area (Å²) in [5.74, 6) is -1.30. The van der Waals surface area contributed by atoms with Gasteiger partial charge in [-0.2, -0.15) is 0 Å². The Kier molecular flexibility index (Phi) is 4.14. The highest BCUT2D eigenvalue weighted by molar-refractivity contribution is 5.82. The molecule has 22 heavy (non-hydrogen) atoms. The van der Waals surface area contributed by atoms with Crippen molar-refractivity contribution in [3.05, 3.63) is 35.4 Å². The fourth-order valence-corrected chi connectivity index (χ4v) is 3.30. The van der Waals surface area contributed by atoms with Crippen LogP contribution in [0.1, 0.15) is 31.4 Å². The Morgan fingerprint density at radius 3 is 2.86 bits per heavy atom. The van der Waals surface area contributed by atoms with Crippen molar-refractivity contribution < 1.29 is 23.4 Å². The number of carbonyl (C=O) groups is 1. The maximum atomic E-state index is 14.0. The number of hydrogen-bond donors (Lipinski definition) is 1. The summed E-state index contributed by atoms with van der Waals surface area (Å²) in [6.45, 7) is 2.57. The molecule has 4 nitrogen and oxygen atoms in total. The van der Waals surface area contributed by atoms with E-state index in [4.69, 9.17) is 4.74 Å². The summed E-state index contributed by atoms with van der Waals surface area (Å²) in [6.07, 6.45) is -0.309. The quantitative estimate of drug-likeness (QED) is 0.909. The van der Waals surface area contributed by atoms with E-state index in [1.807, 2.05) is 6.92 Å². The van der Waals surface area contributed by atoms with E-state index in [1.165, 1.54) is 4.90 Å². The number of hydrogen-bond acceptors (Lipinski definition) is 3. The van der Waals surface area contributed by atoms with Crippen LogP contribution >= 0.6 is 0 Å². The average molecular weight is 311 g/mol. The molecule has 2 fully saturated rings. The fourth-order valence-electron chi connectivity index (χ4n) is 3.30. The van der Waals surface area contributed by atoms with Crippen molar-refractivity contribution in [2.45, 2.75) is 38.0 Å². The van der Waals surface area contributed by atoms with Crippen molar-refractivity contribution in [3.63, 3.8) is 0 Å². The number of carbonyl (C=O) groups excluding carboxylic acids is 1. The average Bonchev–Trinajstić information content (AvgIpc) is 3.07. The van der Waals surface area contributed by atoms with Gasteiger partial charge in [0.2, 0.25) is 0 Å². The van der Waals surface area contributed by atoms with Crippen molar-refractivity contribution in [2.24, 2.45) is 5.92 Å². The van der Waals surface area contributed by atoms with Gasteiger partial charge in [0.05, 0.1) is 12.1 Å². The molecule has 0 aliphatic carbocycles. The predicted molar refractivity (Wildman–Crippen MR) is 75.0 cm³/mol. The number of rotatable bonds is 2. The number of ether oxygens (including phenoxy) is 1. The lowest BCUT2D eigenvalue weighted by Gasteiger charge is -2.28. The monoisotopic (exact) mass is 311 g/mol. The molecule has 0 radical (unpaired) electrons. The molecule has 1 aromatic carbocycles. The highest BCUT2D eigenvalue weighted by atomic mass is 19.1. The first kappa shape index (κ1) is 15.4. The minimum Gasteiger partial charge on any atom is -0.391 e. The fraction of sp³-hybridized carbons (Fsp3) is 0.562. The number of aliphatic hydroxyl groups is 1. The molecule has 120 valence electrons. The van der Waals surface area contributed by atoms with Gasteiger partial charge in [-0.25, -0.2) is 8.78 Å². The molecule has 0 aromatic heterocycles. The summed E-state index contributed by atoms with van der Waals surface area (Å²) < 4.78 is 32.9. The SMILES string of the molecule is CC1CCOC1C(=O)N1CC(O)CC1c1cc(F)ccc1F. The van der Waals surface area contributed by atoms with Gasteiger partial charge in [0.15, 0.2) is 0 Å². The Balaban J connectivity index is 1.89. The summed E-state index contributed by atoms with van der Waals surface area (Å²) in [7, 11) is 0. The highest BCUT2D eigenvalue weighted by Gasteiger charge is 2.42. The Morgan fingerprint density at radius 1 is 1.41 bits per heavy atom. The molecule has 0 saturated carbocycles. The number of benzene rings is 1. The summed E-state index contributed by atoms with van der Waals surface area (Å²) in [5, 5.41) is 9.90. The first-order valence-corrected chi connectivity index (χ1v) is 7.52. The normalized spacial score (nSPS) is 31.7. The molecule has 6 heteroatoms. The lowest BCUT2D eigenvalue weighted by Crippen LogP contribution is -2.41. The van der Waals surface area contributed by atoms with Crippen LogP contribution in [-0.2, 0) is 9.53 Å². The van der Waals surface area contributed by atoms with Crippen molar-refractivity contribution >= 4 is 5.91 Å². The molecule has 1 aromatic rings. The van der Waals surface area contributed by atoms with Crippen LogP contribution in [0.4, 0.5) is 8.78 Å².